The Morgan fingerprint density at radius 2 is 1.95 bits per heavy atom. The van der Waals surface area contributed by atoms with Gasteiger partial charge in [-0.3, -0.25) is 0 Å². The Morgan fingerprint density at radius 3 is 2.62 bits per heavy atom. The van der Waals surface area contributed by atoms with Crippen LogP contribution in [0.25, 0.3) is 0 Å². The van der Waals surface area contributed by atoms with E-state index in [-0.39, 0.29) is 5.69 Å². The molecule has 5 nitrogen and oxygen atoms in total. The minimum Gasteiger partial charge on any atom is -0.465 e. The van der Waals surface area contributed by atoms with Gasteiger partial charge in [0.15, 0.2) is 0 Å². The SMILES string of the molecule is COC(=O)c1scc(C)c1NC(=O)Nc1ccccc1F. The molecule has 2 amide bonds. The molecule has 1 heterocycles. The van der Waals surface area contributed by atoms with Crippen molar-refractivity contribution < 1.29 is 18.7 Å². The number of ether oxygens (including phenoxy) is 1. The number of thiophene rings is 1. The van der Waals surface area contributed by atoms with E-state index in [9.17, 15) is 14.0 Å². The molecule has 2 rings (SSSR count). The Kier molecular flexibility index (Phi) is 4.54. The number of carbonyl (C=O) groups excluding carboxylic acids is 2. The summed E-state index contributed by atoms with van der Waals surface area (Å²) in [6.45, 7) is 1.75. The highest BCUT2D eigenvalue weighted by Gasteiger charge is 2.18. The molecule has 0 spiro atoms. The van der Waals surface area contributed by atoms with Crippen LogP contribution in [0.4, 0.5) is 20.6 Å². The number of esters is 1. The third-order valence-electron chi connectivity index (χ3n) is 2.71. The molecule has 2 N–H and O–H groups in total. The van der Waals surface area contributed by atoms with E-state index < -0.39 is 17.8 Å². The van der Waals surface area contributed by atoms with E-state index in [1.54, 1.807) is 18.4 Å². The number of hydrogen-bond acceptors (Lipinski definition) is 4. The van der Waals surface area contributed by atoms with Gasteiger partial charge in [0.05, 0.1) is 18.5 Å². The summed E-state index contributed by atoms with van der Waals surface area (Å²) in [5.41, 5.74) is 1.15. The van der Waals surface area contributed by atoms with Crippen molar-refractivity contribution in [1.29, 1.82) is 0 Å². The highest BCUT2D eigenvalue weighted by Crippen LogP contribution is 2.28. The van der Waals surface area contributed by atoms with Gasteiger partial charge in [-0.25, -0.2) is 14.0 Å². The molecule has 0 bridgehead atoms. The fraction of sp³-hybridized carbons (Fsp3) is 0.143. The van der Waals surface area contributed by atoms with Crippen molar-refractivity contribution in [2.45, 2.75) is 6.92 Å². The van der Waals surface area contributed by atoms with Crippen molar-refractivity contribution in [3.05, 3.63) is 45.9 Å². The smallest absolute Gasteiger partial charge is 0.350 e. The average Bonchev–Trinajstić information content (AvgIpc) is 2.82. The molecule has 0 atom stereocenters. The molecule has 0 aliphatic carbocycles. The lowest BCUT2D eigenvalue weighted by Crippen LogP contribution is -2.21. The van der Waals surface area contributed by atoms with Crippen molar-refractivity contribution in [3.63, 3.8) is 0 Å². The summed E-state index contributed by atoms with van der Waals surface area (Å²) >= 11 is 1.17. The standard InChI is InChI=1S/C14H13FN2O3S/c1-8-7-21-12(13(18)20-2)11(8)17-14(19)16-10-6-4-3-5-9(10)15/h3-7H,1-2H3,(H2,16,17,19). The van der Waals surface area contributed by atoms with Crippen molar-refractivity contribution in [2.24, 2.45) is 0 Å². The Balaban J connectivity index is 2.15. The van der Waals surface area contributed by atoms with E-state index in [1.807, 2.05) is 0 Å². The summed E-state index contributed by atoms with van der Waals surface area (Å²) in [7, 11) is 1.26. The Bertz CT molecular complexity index is 685. The fourth-order valence-corrected chi connectivity index (χ4v) is 2.59. The van der Waals surface area contributed by atoms with Crippen LogP contribution in [0, 0.1) is 12.7 Å². The minimum atomic E-state index is -0.633. The second-order valence-corrected chi connectivity index (χ2v) is 5.05. The van der Waals surface area contributed by atoms with Crippen LogP contribution in [0.5, 0.6) is 0 Å². The molecule has 0 unspecified atom stereocenters. The second-order valence-electron chi connectivity index (χ2n) is 4.17. The van der Waals surface area contributed by atoms with E-state index >= 15 is 0 Å². The van der Waals surface area contributed by atoms with Gasteiger partial charge in [-0.15, -0.1) is 11.3 Å². The third-order valence-corrected chi connectivity index (χ3v) is 3.78. The van der Waals surface area contributed by atoms with E-state index in [0.717, 1.165) is 5.56 Å². The number of methoxy groups -OCH3 is 1. The van der Waals surface area contributed by atoms with Crippen molar-refractivity contribution >= 4 is 34.7 Å². The number of anilines is 2. The summed E-state index contributed by atoms with van der Waals surface area (Å²) in [5.74, 6) is -1.07. The molecule has 0 saturated heterocycles. The van der Waals surface area contributed by atoms with Gasteiger partial charge >= 0.3 is 12.0 Å². The first-order valence-electron chi connectivity index (χ1n) is 6.02. The van der Waals surface area contributed by atoms with Gasteiger partial charge in [0.2, 0.25) is 0 Å². The van der Waals surface area contributed by atoms with Gasteiger partial charge in [0, 0.05) is 0 Å². The summed E-state index contributed by atoms with van der Waals surface area (Å²) < 4.78 is 18.1. The van der Waals surface area contributed by atoms with Gasteiger partial charge in [0.25, 0.3) is 0 Å². The molecular formula is C14H13FN2O3S. The second kappa shape index (κ2) is 6.36. The van der Waals surface area contributed by atoms with Gasteiger partial charge < -0.3 is 15.4 Å². The Hall–Kier alpha value is -2.41. The molecular weight excluding hydrogens is 295 g/mol. The molecule has 0 aliphatic heterocycles. The van der Waals surface area contributed by atoms with Crippen LogP contribution in [0.3, 0.4) is 0 Å². The number of halogens is 1. The number of benzene rings is 1. The Morgan fingerprint density at radius 1 is 1.24 bits per heavy atom. The third kappa shape index (κ3) is 3.38. The molecule has 7 heteroatoms. The van der Waals surface area contributed by atoms with Gasteiger partial charge in [-0.2, -0.15) is 0 Å². The molecule has 110 valence electrons. The monoisotopic (exact) mass is 308 g/mol. The number of carbonyl (C=O) groups is 2. The maximum absolute atomic E-state index is 13.5. The molecule has 0 radical (unpaired) electrons. The molecule has 0 aliphatic rings. The lowest BCUT2D eigenvalue weighted by atomic mass is 10.2. The number of aryl methyl sites for hydroxylation is 1. The normalized spacial score (nSPS) is 10.0. The first kappa shape index (κ1) is 15.0. The summed E-state index contributed by atoms with van der Waals surface area (Å²) in [5, 5.41) is 6.66. The van der Waals surface area contributed by atoms with Gasteiger partial charge in [-0.1, -0.05) is 12.1 Å². The van der Waals surface area contributed by atoms with Crippen molar-refractivity contribution in [2.75, 3.05) is 17.7 Å². The zero-order chi connectivity index (χ0) is 15.4. The highest BCUT2D eigenvalue weighted by molar-refractivity contribution is 7.12. The van der Waals surface area contributed by atoms with Crippen molar-refractivity contribution in [3.8, 4) is 0 Å². The zero-order valence-corrected chi connectivity index (χ0v) is 12.2. The van der Waals surface area contributed by atoms with Crippen LogP contribution in [0.2, 0.25) is 0 Å². The number of hydrogen-bond donors (Lipinski definition) is 2. The van der Waals surface area contributed by atoms with Crippen LogP contribution < -0.4 is 10.6 Å². The predicted molar refractivity (Wildman–Crippen MR) is 79.4 cm³/mol. The summed E-state index contributed by atoms with van der Waals surface area (Å²) in [4.78, 5) is 23.8. The van der Waals surface area contributed by atoms with Gasteiger partial charge in [-0.05, 0) is 30.0 Å². The number of rotatable bonds is 3. The number of nitrogens with one attached hydrogen (secondary N) is 2. The number of amides is 2. The summed E-state index contributed by atoms with van der Waals surface area (Å²) in [6, 6.07) is 5.18. The average molecular weight is 308 g/mol. The van der Waals surface area contributed by atoms with Crippen LogP contribution in [0.15, 0.2) is 29.6 Å². The van der Waals surface area contributed by atoms with E-state index in [2.05, 4.69) is 15.4 Å². The molecule has 1 aromatic heterocycles. The zero-order valence-electron chi connectivity index (χ0n) is 11.4. The van der Waals surface area contributed by atoms with Crippen LogP contribution in [0.1, 0.15) is 15.2 Å². The molecule has 21 heavy (non-hydrogen) atoms. The summed E-state index contributed by atoms with van der Waals surface area (Å²) in [6.07, 6.45) is 0. The number of para-hydroxylation sites is 1. The first-order chi connectivity index (χ1) is 10.0. The maximum Gasteiger partial charge on any atom is 0.350 e. The molecule has 0 saturated carbocycles. The lowest BCUT2D eigenvalue weighted by molar-refractivity contribution is 0.0607. The van der Waals surface area contributed by atoms with E-state index in [1.165, 1.54) is 36.6 Å². The minimum absolute atomic E-state index is 0.0579. The van der Waals surface area contributed by atoms with Crippen LogP contribution >= 0.6 is 11.3 Å². The van der Waals surface area contributed by atoms with E-state index in [0.29, 0.717) is 10.6 Å². The highest BCUT2D eigenvalue weighted by atomic mass is 32.1. The van der Waals surface area contributed by atoms with E-state index in [4.69, 9.17) is 0 Å². The lowest BCUT2D eigenvalue weighted by Gasteiger charge is -2.09. The predicted octanol–water partition coefficient (Wildman–Crippen LogP) is 3.63. The van der Waals surface area contributed by atoms with Gasteiger partial charge in [0.1, 0.15) is 10.7 Å². The fourth-order valence-electron chi connectivity index (χ4n) is 1.67. The largest absolute Gasteiger partial charge is 0.465 e. The van der Waals surface area contributed by atoms with Crippen LogP contribution in [-0.2, 0) is 4.74 Å². The maximum atomic E-state index is 13.5. The Labute approximate surface area is 124 Å². The van der Waals surface area contributed by atoms with Crippen LogP contribution in [-0.4, -0.2) is 19.1 Å². The first-order valence-corrected chi connectivity index (χ1v) is 6.90. The number of urea groups is 1. The molecule has 0 fully saturated rings. The molecule has 2 aromatic rings. The van der Waals surface area contributed by atoms with Crippen molar-refractivity contribution in [1.82, 2.24) is 0 Å². The quantitative estimate of drug-likeness (QED) is 0.851. The topological polar surface area (TPSA) is 67.4 Å². The molecule has 1 aromatic carbocycles.